The highest BCUT2D eigenvalue weighted by Crippen LogP contribution is 2.60. The molecule has 1 aromatic carbocycles. The molecule has 1 aromatic heterocycles. The summed E-state index contributed by atoms with van der Waals surface area (Å²) in [5.41, 5.74) is 6.62. The Hall–Kier alpha value is -3.23. The van der Waals surface area contributed by atoms with Crippen molar-refractivity contribution >= 4 is 22.9 Å². The molecule has 5 rings (SSSR count). The summed E-state index contributed by atoms with van der Waals surface area (Å²) in [4.78, 5) is 23.1. The predicted octanol–water partition coefficient (Wildman–Crippen LogP) is 3.36. The maximum absolute atomic E-state index is 14.1. The van der Waals surface area contributed by atoms with Gasteiger partial charge >= 0.3 is 0 Å². The maximum Gasteiger partial charge on any atom is 0.261 e. The average Bonchev–Trinajstić information content (AvgIpc) is 3.00. The van der Waals surface area contributed by atoms with Gasteiger partial charge in [-0.1, -0.05) is 0 Å². The molecule has 9 heteroatoms. The van der Waals surface area contributed by atoms with E-state index in [-0.39, 0.29) is 36.5 Å². The van der Waals surface area contributed by atoms with E-state index < -0.39 is 17.2 Å². The summed E-state index contributed by atoms with van der Waals surface area (Å²) in [5.74, 6) is -2.19. The molecule has 1 spiro atoms. The van der Waals surface area contributed by atoms with Crippen LogP contribution in [0.5, 0.6) is 5.75 Å². The number of carbonyl (C=O) groups excluding carboxylic acids is 1. The van der Waals surface area contributed by atoms with Gasteiger partial charge < -0.3 is 20.7 Å². The van der Waals surface area contributed by atoms with Crippen LogP contribution in [0.1, 0.15) is 38.1 Å². The molecular weight excluding hydrogens is 416 g/mol. The Kier molecular flexibility index (Phi) is 4.44. The third kappa shape index (κ3) is 3.18. The summed E-state index contributed by atoms with van der Waals surface area (Å²) in [7, 11) is 0. The Bertz CT molecular complexity index is 1110. The van der Waals surface area contributed by atoms with E-state index in [1.165, 1.54) is 12.4 Å². The number of benzene rings is 1. The van der Waals surface area contributed by atoms with Gasteiger partial charge in [0.05, 0.1) is 22.4 Å². The molecule has 1 amide bonds. The lowest BCUT2D eigenvalue weighted by molar-refractivity contribution is -0.212. The van der Waals surface area contributed by atoms with Crippen LogP contribution in [-0.4, -0.2) is 40.5 Å². The smallest absolute Gasteiger partial charge is 0.261 e. The van der Waals surface area contributed by atoms with Crippen LogP contribution in [0.3, 0.4) is 0 Å². The van der Waals surface area contributed by atoms with E-state index in [2.05, 4.69) is 15.3 Å². The second-order valence-electron chi connectivity index (χ2n) is 9.46. The van der Waals surface area contributed by atoms with Crippen LogP contribution in [0.25, 0.3) is 5.57 Å². The molecule has 0 unspecified atom stereocenters. The molecule has 0 atom stereocenters. The number of anilines is 2. The van der Waals surface area contributed by atoms with Crippen molar-refractivity contribution in [3.8, 4) is 5.75 Å². The average molecular weight is 441 g/mol. The van der Waals surface area contributed by atoms with Crippen molar-refractivity contribution in [2.24, 2.45) is 11.1 Å². The van der Waals surface area contributed by atoms with Crippen molar-refractivity contribution in [1.29, 1.82) is 0 Å². The van der Waals surface area contributed by atoms with Gasteiger partial charge in [0.25, 0.3) is 11.8 Å². The Labute approximate surface area is 184 Å². The quantitative estimate of drug-likeness (QED) is 0.707. The zero-order valence-corrected chi connectivity index (χ0v) is 18.0. The number of nitrogens with one attached hydrogen (secondary N) is 1. The summed E-state index contributed by atoms with van der Waals surface area (Å²) < 4.78 is 34.3. The van der Waals surface area contributed by atoms with E-state index in [9.17, 15) is 13.6 Å². The van der Waals surface area contributed by atoms with E-state index in [1.807, 2.05) is 30.9 Å². The lowest BCUT2D eigenvalue weighted by Crippen LogP contribution is -2.70. The number of ether oxygens (including phenoxy) is 1. The minimum atomic E-state index is -2.64. The van der Waals surface area contributed by atoms with Gasteiger partial charge in [-0.05, 0) is 32.4 Å². The number of hydrogen-bond acceptors (Lipinski definition) is 6. The van der Waals surface area contributed by atoms with Gasteiger partial charge in [0.15, 0.2) is 5.82 Å². The van der Waals surface area contributed by atoms with Crippen molar-refractivity contribution < 1.29 is 18.3 Å². The van der Waals surface area contributed by atoms with Gasteiger partial charge in [-0.25, -0.2) is 18.7 Å². The summed E-state index contributed by atoms with van der Waals surface area (Å²) >= 11 is 0. The Balaban J connectivity index is 1.46. The molecule has 1 saturated heterocycles. The number of fused-ring (bicyclic) bond motifs is 1. The van der Waals surface area contributed by atoms with Crippen molar-refractivity contribution in [3.05, 3.63) is 48.2 Å². The molecule has 32 heavy (non-hydrogen) atoms. The van der Waals surface area contributed by atoms with Crippen LogP contribution in [0.15, 0.2) is 36.8 Å². The van der Waals surface area contributed by atoms with Gasteiger partial charge in [-0.2, -0.15) is 0 Å². The highest BCUT2D eigenvalue weighted by Gasteiger charge is 2.67. The van der Waals surface area contributed by atoms with Gasteiger partial charge in [0.1, 0.15) is 11.4 Å². The van der Waals surface area contributed by atoms with E-state index in [0.29, 0.717) is 30.0 Å². The highest BCUT2D eigenvalue weighted by atomic mass is 19.3. The molecule has 0 bridgehead atoms. The summed E-state index contributed by atoms with van der Waals surface area (Å²) in [6.07, 6.45) is 5.34. The molecule has 168 valence electrons. The van der Waals surface area contributed by atoms with Crippen LogP contribution in [0.2, 0.25) is 0 Å². The van der Waals surface area contributed by atoms with Crippen molar-refractivity contribution in [2.75, 3.05) is 23.3 Å². The molecule has 3 heterocycles. The van der Waals surface area contributed by atoms with E-state index >= 15 is 0 Å². The Morgan fingerprint density at radius 3 is 2.53 bits per heavy atom. The lowest BCUT2D eigenvalue weighted by Gasteiger charge is -2.60. The van der Waals surface area contributed by atoms with Gasteiger partial charge in [0, 0.05) is 56.2 Å². The van der Waals surface area contributed by atoms with Crippen molar-refractivity contribution in [3.63, 3.8) is 0 Å². The van der Waals surface area contributed by atoms with Gasteiger partial charge in [0.2, 0.25) is 0 Å². The van der Waals surface area contributed by atoms with E-state index in [1.54, 1.807) is 6.07 Å². The Morgan fingerprint density at radius 2 is 1.94 bits per heavy atom. The number of hydrogen-bond donors (Lipinski definition) is 2. The number of nitrogens with two attached hydrogens (primary N) is 1. The summed E-state index contributed by atoms with van der Waals surface area (Å²) in [5, 5.41) is 2.90. The maximum atomic E-state index is 14.1. The zero-order chi connectivity index (χ0) is 22.7. The molecule has 0 radical (unpaired) electrons. The van der Waals surface area contributed by atoms with E-state index in [0.717, 1.165) is 11.8 Å². The molecular formula is C23H25F2N5O2. The number of halogens is 2. The van der Waals surface area contributed by atoms with Gasteiger partial charge in [-0.15, -0.1) is 0 Å². The molecule has 2 aliphatic heterocycles. The van der Waals surface area contributed by atoms with Crippen molar-refractivity contribution in [1.82, 2.24) is 9.97 Å². The largest absolute Gasteiger partial charge is 0.487 e. The molecule has 2 aromatic rings. The topological polar surface area (TPSA) is 93.4 Å². The van der Waals surface area contributed by atoms with Crippen LogP contribution in [0, 0.1) is 5.41 Å². The summed E-state index contributed by atoms with van der Waals surface area (Å²) in [6.45, 7) is 4.46. The minimum Gasteiger partial charge on any atom is -0.487 e. The number of amides is 1. The van der Waals surface area contributed by atoms with Crippen molar-refractivity contribution in [2.45, 2.75) is 44.6 Å². The monoisotopic (exact) mass is 441 g/mol. The first-order valence-electron chi connectivity index (χ1n) is 10.6. The highest BCUT2D eigenvalue weighted by molar-refractivity contribution is 6.24. The summed E-state index contributed by atoms with van der Waals surface area (Å²) in [6, 6.07) is 5.35. The minimum absolute atomic E-state index is 0.0619. The van der Waals surface area contributed by atoms with Crippen LogP contribution >= 0.6 is 0 Å². The third-order valence-corrected chi connectivity index (χ3v) is 6.67. The number of rotatable bonds is 4. The first kappa shape index (κ1) is 20.7. The molecule has 1 aliphatic carbocycles. The molecule has 3 aliphatic rings. The van der Waals surface area contributed by atoms with Crippen LogP contribution in [-0.2, 0) is 11.2 Å². The first-order valence-corrected chi connectivity index (χ1v) is 10.6. The second-order valence-corrected chi connectivity index (χ2v) is 9.46. The number of carbonyl (C=O) groups is 1. The van der Waals surface area contributed by atoms with Crippen LogP contribution in [0.4, 0.5) is 20.2 Å². The van der Waals surface area contributed by atoms with Crippen LogP contribution < -0.4 is 20.7 Å². The second kappa shape index (κ2) is 6.88. The number of alkyl halides is 2. The number of nitrogens with zero attached hydrogens (tertiary/aromatic N) is 3. The fourth-order valence-corrected chi connectivity index (χ4v) is 4.79. The van der Waals surface area contributed by atoms with E-state index in [4.69, 9.17) is 10.5 Å². The molecule has 3 N–H and O–H groups in total. The predicted molar refractivity (Wildman–Crippen MR) is 117 cm³/mol. The third-order valence-electron chi connectivity index (χ3n) is 6.67. The molecule has 2 fully saturated rings. The standard InChI is InChI=1S/C23H25F2N5O2/c1-21(2)10-14-8-16(29-20(31)15(11-26)19-27-6-3-7-28-19)17(9-18(14)32-21)30-12-22(13-30)4-5-23(22,24)25/h3,6-9,11H,4-5,10,12-13,26H2,1-2H3,(H,29,31). The lowest BCUT2D eigenvalue weighted by atomic mass is 9.60. The van der Waals surface area contributed by atoms with Gasteiger partial charge in [-0.3, -0.25) is 4.79 Å². The molecule has 7 nitrogen and oxygen atoms in total. The normalized spacial score (nSPS) is 21.9. The first-order chi connectivity index (χ1) is 15.1. The fraction of sp³-hybridized carbons (Fsp3) is 0.435. The fourth-order valence-electron chi connectivity index (χ4n) is 4.79. The SMILES string of the molecule is CC1(C)Cc2cc(NC(=O)C(=CN)c3ncccn3)c(N3CC4(CCC4(F)F)C3)cc2O1. The molecule has 1 saturated carbocycles. The zero-order valence-electron chi connectivity index (χ0n) is 18.0. The Morgan fingerprint density at radius 1 is 1.22 bits per heavy atom. The number of aromatic nitrogens is 2.